The van der Waals surface area contributed by atoms with Crippen LogP contribution in [0.25, 0.3) is 20.9 Å². The van der Waals surface area contributed by atoms with Crippen molar-refractivity contribution in [1.82, 2.24) is 9.97 Å². The average Bonchev–Trinajstić information content (AvgIpc) is 3.12. The predicted molar refractivity (Wildman–Crippen MR) is 113 cm³/mol. The number of thiazole rings is 1. The molecular formula is C21H16ClN3O2S. The predicted octanol–water partition coefficient (Wildman–Crippen LogP) is 5.34. The van der Waals surface area contributed by atoms with Crippen LogP contribution in [-0.4, -0.2) is 22.5 Å². The Labute approximate surface area is 171 Å². The first-order valence-corrected chi connectivity index (χ1v) is 9.79. The van der Waals surface area contributed by atoms with Crippen molar-refractivity contribution in [2.24, 2.45) is 0 Å². The van der Waals surface area contributed by atoms with Gasteiger partial charge in [0.1, 0.15) is 21.1 Å². The molecule has 0 unspecified atom stereocenters. The van der Waals surface area contributed by atoms with E-state index in [9.17, 15) is 4.79 Å². The van der Waals surface area contributed by atoms with Gasteiger partial charge in [0.25, 0.3) is 5.91 Å². The summed E-state index contributed by atoms with van der Waals surface area (Å²) in [5.41, 5.74) is 3.56. The summed E-state index contributed by atoms with van der Waals surface area (Å²) in [7, 11) is 0. The van der Waals surface area contributed by atoms with Crippen LogP contribution in [0, 0.1) is 6.92 Å². The zero-order valence-electron chi connectivity index (χ0n) is 15.0. The molecule has 28 heavy (non-hydrogen) atoms. The molecule has 0 spiro atoms. The number of amides is 1. The molecule has 0 saturated carbocycles. The van der Waals surface area contributed by atoms with E-state index in [0.717, 1.165) is 32.2 Å². The Kier molecular flexibility index (Phi) is 5.23. The topological polar surface area (TPSA) is 64.1 Å². The Bertz CT molecular complexity index is 1130. The normalized spacial score (nSPS) is 10.8. The van der Waals surface area contributed by atoms with E-state index >= 15 is 0 Å². The number of ether oxygens (including phenoxy) is 1. The Hall–Kier alpha value is -2.96. The van der Waals surface area contributed by atoms with Gasteiger partial charge in [-0.25, -0.2) is 9.97 Å². The maximum atomic E-state index is 12.2. The lowest BCUT2D eigenvalue weighted by Crippen LogP contribution is -2.20. The van der Waals surface area contributed by atoms with Gasteiger partial charge in [-0.05, 0) is 61.0 Å². The molecule has 140 valence electrons. The van der Waals surface area contributed by atoms with Crippen LogP contribution >= 0.6 is 22.9 Å². The van der Waals surface area contributed by atoms with Crippen LogP contribution in [0.2, 0.25) is 5.02 Å². The molecule has 1 N–H and O–H groups in total. The van der Waals surface area contributed by atoms with Crippen LogP contribution in [0.15, 0.2) is 60.8 Å². The SMILES string of the molecule is Cc1cc(-c2nc3cccnc3s2)ccc1NC(=O)COc1cccc(Cl)c1. The molecule has 0 aliphatic heterocycles. The second kappa shape index (κ2) is 7.96. The van der Waals surface area contributed by atoms with Gasteiger partial charge in [0, 0.05) is 22.5 Å². The molecule has 5 nitrogen and oxygen atoms in total. The van der Waals surface area contributed by atoms with Gasteiger partial charge in [-0.2, -0.15) is 0 Å². The number of anilines is 1. The van der Waals surface area contributed by atoms with Crippen LogP contribution < -0.4 is 10.1 Å². The molecule has 0 atom stereocenters. The third-order valence-electron chi connectivity index (χ3n) is 4.08. The zero-order chi connectivity index (χ0) is 19.5. The van der Waals surface area contributed by atoms with E-state index in [4.69, 9.17) is 16.3 Å². The molecular weight excluding hydrogens is 394 g/mol. The van der Waals surface area contributed by atoms with E-state index in [2.05, 4.69) is 15.3 Å². The highest BCUT2D eigenvalue weighted by atomic mass is 35.5. The first-order chi connectivity index (χ1) is 13.6. The van der Waals surface area contributed by atoms with Gasteiger partial charge < -0.3 is 10.1 Å². The number of benzene rings is 2. The Balaban J connectivity index is 1.44. The number of nitrogens with one attached hydrogen (secondary N) is 1. The summed E-state index contributed by atoms with van der Waals surface area (Å²) in [6.45, 7) is 1.85. The fraction of sp³-hybridized carbons (Fsp3) is 0.0952. The fourth-order valence-corrected chi connectivity index (χ4v) is 3.81. The molecule has 1 amide bonds. The summed E-state index contributed by atoms with van der Waals surface area (Å²) in [6.07, 6.45) is 1.76. The van der Waals surface area contributed by atoms with E-state index in [1.807, 2.05) is 37.3 Å². The van der Waals surface area contributed by atoms with Crippen molar-refractivity contribution in [3.05, 3.63) is 71.4 Å². The van der Waals surface area contributed by atoms with Crippen LogP contribution in [0.3, 0.4) is 0 Å². The number of carbonyl (C=O) groups is 1. The van der Waals surface area contributed by atoms with Gasteiger partial charge >= 0.3 is 0 Å². The van der Waals surface area contributed by atoms with Gasteiger partial charge in [-0.15, -0.1) is 0 Å². The lowest BCUT2D eigenvalue weighted by molar-refractivity contribution is -0.118. The minimum absolute atomic E-state index is 0.0922. The number of aromatic nitrogens is 2. The number of rotatable bonds is 5. The van der Waals surface area contributed by atoms with Crippen molar-refractivity contribution in [1.29, 1.82) is 0 Å². The van der Waals surface area contributed by atoms with E-state index in [1.54, 1.807) is 41.8 Å². The molecule has 0 aliphatic rings. The largest absolute Gasteiger partial charge is 0.484 e. The molecule has 2 aromatic carbocycles. The first-order valence-electron chi connectivity index (χ1n) is 8.59. The van der Waals surface area contributed by atoms with Gasteiger partial charge in [-0.1, -0.05) is 29.0 Å². The van der Waals surface area contributed by atoms with Crippen molar-refractivity contribution in [2.45, 2.75) is 6.92 Å². The Morgan fingerprint density at radius 3 is 2.86 bits per heavy atom. The van der Waals surface area contributed by atoms with E-state index < -0.39 is 0 Å². The number of nitrogens with zero attached hydrogens (tertiary/aromatic N) is 2. The second-order valence-corrected chi connectivity index (χ2v) is 7.58. The number of hydrogen-bond donors (Lipinski definition) is 1. The molecule has 0 bridgehead atoms. The molecule has 0 fully saturated rings. The number of fused-ring (bicyclic) bond motifs is 1. The fourth-order valence-electron chi connectivity index (χ4n) is 2.72. The van der Waals surface area contributed by atoms with Gasteiger partial charge in [0.05, 0.1) is 0 Å². The van der Waals surface area contributed by atoms with Crippen molar-refractivity contribution in [2.75, 3.05) is 11.9 Å². The molecule has 4 rings (SSSR count). The summed E-state index contributed by atoms with van der Waals surface area (Å²) in [5, 5.41) is 4.34. The van der Waals surface area contributed by atoms with Crippen LogP contribution in [0.5, 0.6) is 5.75 Å². The van der Waals surface area contributed by atoms with Crippen molar-refractivity contribution >= 4 is 44.9 Å². The van der Waals surface area contributed by atoms with Crippen LogP contribution in [-0.2, 0) is 4.79 Å². The van der Waals surface area contributed by atoms with Crippen LogP contribution in [0.1, 0.15) is 5.56 Å². The van der Waals surface area contributed by atoms with E-state index in [0.29, 0.717) is 10.8 Å². The van der Waals surface area contributed by atoms with Crippen molar-refractivity contribution in [3.8, 4) is 16.3 Å². The third kappa shape index (κ3) is 4.13. The standard InChI is InChI=1S/C21H16ClN3O2S/c1-13-10-14(20-25-18-6-3-9-23-21(18)28-20)7-8-17(13)24-19(26)12-27-16-5-2-4-15(22)11-16/h2-11H,12H2,1H3,(H,24,26). The third-order valence-corrected chi connectivity index (χ3v) is 5.34. The molecule has 0 radical (unpaired) electrons. The maximum Gasteiger partial charge on any atom is 0.262 e. The highest BCUT2D eigenvalue weighted by molar-refractivity contribution is 7.21. The minimum atomic E-state index is -0.236. The summed E-state index contributed by atoms with van der Waals surface area (Å²) >= 11 is 7.46. The van der Waals surface area contributed by atoms with E-state index in [1.165, 1.54) is 0 Å². The highest BCUT2D eigenvalue weighted by Crippen LogP contribution is 2.31. The van der Waals surface area contributed by atoms with Gasteiger partial charge in [-0.3, -0.25) is 4.79 Å². The summed E-state index contributed by atoms with van der Waals surface area (Å²) in [4.78, 5) is 22.1. The van der Waals surface area contributed by atoms with Crippen LogP contribution in [0.4, 0.5) is 5.69 Å². The van der Waals surface area contributed by atoms with Gasteiger partial charge in [0.2, 0.25) is 0 Å². The van der Waals surface area contributed by atoms with Gasteiger partial charge in [0.15, 0.2) is 6.61 Å². The summed E-state index contributed by atoms with van der Waals surface area (Å²) in [6, 6.07) is 16.6. The second-order valence-electron chi connectivity index (χ2n) is 6.17. The monoisotopic (exact) mass is 409 g/mol. The molecule has 0 saturated heterocycles. The number of pyridine rings is 1. The number of halogens is 1. The summed E-state index contributed by atoms with van der Waals surface area (Å²) in [5.74, 6) is 0.319. The Morgan fingerprint density at radius 1 is 1.18 bits per heavy atom. The molecule has 0 aliphatic carbocycles. The quantitative estimate of drug-likeness (QED) is 0.483. The lowest BCUT2D eigenvalue weighted by atomic mass is 10.1. The molecule has 4 aromatic rings. The number of hydrogen-bond acceptors (Lipinski definition) is 5. The minimum Gasteiger partial charge on any atom is -0.484 e. The lowest BCUT2D eigenvalue weighted by Gasteiger charge is -2.10. The van der Waals surface area contributed by atoms with E-state index in [-0.39, 0.29) is 12.5 Å². The smallest absolute Gasteiger partial charge is 0.262 e. The Morgan fingerprint density at radius 2 is 2.07 bits per heavy atom. The molecule has 7 heteroatoms. The molecule has 2 heterocycles. The number of aryl methyl sites for hydroxylation is 1. The maximum absolute atomic E-state index is 12.2. The van der Waals surface area contributed by atoms with Crippen molar-refractivity contribution < 1.29 is 9.53 Å². The summed E-state index contributed by atoms with van der Waals surface area (Å²) < 4.78 is 5.48. The van der Waals surface area contributed by atoms with Crippen molar-refractivity contribution in [3.63, 3.8) is 0 Å². The first kappa shape index (κ1) is 18.4. The molecule has 2 aromatic heterocycles. The number of carbonyl (C=O) groups excluding carboxylic acids is 1. The highest BCUT2D eigenvalue weighted by Gasteiger charge is 2.10. The average molecular weight is 410 g/mol. The zero-order valence-corrected chi connectivity index (χ0v) is 16.6.